The first kappa shape index (κ1) is 28.3. The van der Waals surface area contributed by atoms with E-state index in [0.29, 0.717) is 25.3 Å². The molecule has 36 heavy (non-hydrogen) atoms. The third-order valence-corrected chi connectivity index (χ3v) is 7.61. The molecule has 14 heteroatoms. The van der Waals surface area contributed by atoms with E-state index in [9.17, 15) is 12.8 Å². The van der Waals surface area contributed by atoms with Crippen molar-refractivity contribution in [3.8, 4) is 0 Å². The molecule has 1 unspecified atom stereocenters. The molecule has 0 saturated carbocycles. The fourth-order valence-corrected chi connectivity index (χ4v) is 5.06. The minimum Gasteiger partial charge on any atom is -0.385 e. The summed E-state index contributed by atoms with van der Waals surface area (Å²) in [5.41, 5.74) is 0. The normalized spacial score (nSPS) is 20.8. The number of halogens is 1. The summed E-state index contributed by atoms with van der Waals surface area (Å²) in [6.07, 6.45) is 2.64. The lowest BCUT2D eigenvalue weighted by molar-refractivity contribution is 0.00193. The molecule has 0 aromatic carbocycles. The van der Waals surface area contributed by atoms with Crippen molar-refractivity contribution in [1.29, 1.82) is 0 Å². The van der Waals surface area contributed by atoms with Crippen LogP contribution in [0.1, 0.15) is 76.5 Å². The number of nitrogens with zero attached hydrogens (tertiary/aromatic N) is 5. The fourth-order valence-electron chi connectivity index (χ4n) is 3.96. The number of anilines is 1. The lowest BCUT2D eigenvalue weighted by atomic mass is 10.2. The molecule has 5 atom stereocenters. The Morgan fingerprint density at radius 1 is 1.22 bits per heavy atom. The van der Waals surface area contributed by atoms with Gasteiger partial charge in [0.15, 0.2) is 17.5 Å². The van der Waals surface area contributed by atoms with Crippen molar-refractivity contribution in [2.75, 3.05) is 32.2 Å². The Kier molecular flexibility index (Phi) is 10.1. The highest BCUT2D eigenvalue weighted by molar-refractivity contribution is 7.93. The van der Waals surface area contributed by atoms with Crippen molar-refractivity contribution in [1.82, 2.24) is 24.7 Å². The summed E-state index contributed by atoms with van der Waals surface area (Å²) in [6, 6.07) is 0. The molecule has 0 aliphatic carbocycles. The van der Waals surface area contributed by atoms with E-state index in [1.165, 1.54) is 14.0 Å². The van der Waals surface area contributed by atoms with Crippen LogP contribution in [0.5, 0.6) is 0 Å². The lowest BCUT2D eigenvalue weighted by Crippen LogP contribution is -2.34. The molecule has 3 heterocycles. The predicted molar refractivity (Wildman–Crippen MR) is 128 cm³/mol. The molecule has 0 radical (unpaired) electrons. The second kappa shape index (κ2) is 12.8. The summed E-state index contributed by atoms with van der Waals surface area (Å²) in [7, 11) is -1.02. The monoisotopic (exact) mass is 530 g/mol. The van der Waals surface area contributed by atoms with Crippen LogP contribution >= 0.6 is 0 Å². The maximum Gasteiger partial charge on any atom is 0.240 e. The molecule has 0 amide bonds. The molecule has 3 rings (SSSR count). The number of rotatable bonds is 14. The molecule has 202 valence electrons. The van der Waals surface area contributed by atoms with E-state index in [2.05, 4.69) is 24.9 Å². The van der Waals surface area contributed by atoms with Crippen LogP contribution in [0.3, 0.4) is 0 Å². The quantitative estimate of drug-likeness (QED) is 0.388. The zero-order valence-corrected chi connectivity index (χ0v) is 22.1. The van der Waals surface area contributed by atoms with Gasteiger partial charge in [0.05, 0.1) is 25.1 Å². The van der Waals surface area contributed by atoms with Crippen LogP contribution < -0.4 is 4.72 Å². The topological polar surface area (TPSA) is 140 Å². The van der Waals surface area contributed by atoms with Gasteiger partial charge in [-0.25, -0.2) is 22.8 Å². The maximum atomic E-state index is 13.5. The average molecular weight is 531 g/mol. The molecule has 0 bridgehead atoms. The summed E-state index contributed by atoms with van der Waals surface area (Å²) in [5, 5.41) is 7.25. The van der Waals surface area contributed by atoms with Crippen LogP contribution in [0.15, 0.2) is 12.4 Å². The van der Waals surface area contributed by atoms with E-state index >= 15 is 0 Å². The molecule has 0 spiro atoms. The first-order valence-corrected chi connectivity index (χ1v) is 13.5. The van der Waals surface area contributed by atoms with Crippen LogP contribution in [0.4, 0.5) is 10.3 Å². The summed E-state index contributed by atoms with van der Waals surface area (Å²) in [4.78, 5) is 7.88. The van der Waals surface area contributed by atoms with Gasteiger partial charge in [-0.05, 0) is 33.1 Å². The molecule has 2 aromatic heterocycles. The van der Waals surface area contributed by atoms with Crippen molar-refractivity contribution < 1.29 is 31.8 Å². The van der Waals surface area contributed by atoms with Gasteiger partial charge in [-0.15, -0.1) is 10.2 Å². The van der Waals surface area contributed by atoms with E-state index in [1.54, 1.807) is 11.7 Å². The Bertz CT molecular complexity index is 1070. The molecule has 1 aliphatic heterocycles. The number of ether oxygens (including phenoxy) is 4. The molecule has 12 nitrogen and oxygen atoms in total. The molecular weight excluding hydrogens is 495 g/mol. The minimum absolute atomic E-state index is 0.0165. The average Bonchev–Trinajstić information content (AvgIpc) is 3.46. The molecule has 1 N–H and O–H groups in total. The van der Waals surface area contributed by atoms with Gasteiger partial charge in [0.25, 0.3) is 0 Å². The summed E-state index contributed by atoms with van der Waals surface area (Å²) >= 11 is 0. The smallest absolute Gasteiger partial charge is 0.240 e. The van der Waals surface area contributed by atoms with Gasteiger partial charge in [0, 0.05) is 27.2 Å². The zero-order valence-electron chi connectivity index (χ0n) is 21.3. The maximum absolute atomic E-state index is 13.5. The van der Waals surface area contributed by atoms with Crippen LogP contribution in [-0.4, -0.2) is 71.9 Å². The Hall–Kier alpha value is -2.26. The van der Waals surface area contributed by atoms with E-state index in [-0.39, 0.29) is 30.6 Å². The fraction of sp³-hybridized carbons (Fsp3) is 0.727. The Labute approximate surface area is 211 Å². The molecule has 1 fully saturated rings. The standard InChI is InChI=1S/C22H35FN6O6S/c1-6-10-34-19(20-24-12-16(23)13-25-20)15(3)36(30,31)28-22-27-26-21(17-8-7-14(2)35-17)29(22)18(33-5)9-11-32-4/h12-15,17-19H,6-11H2,1-5H3,(H,27,28)/t14-,15+,17-,18?,19-/m1/s1. The first-order valence-electron chi connectivity index (χ1n) is 11.9. The summed E-state index contributed by atoms with van der Waals surface area (Å²) in [6.45, 7) is 5.97. The van der Waals surface area contributed by atoms with E-state index < -0.39 is 33.4 Å². The third kappa shape index (κ3) is 6.73. The van der Waals surface area contributed by atoms with Gasteiger partial charge < -0.3 is 18.9 Å². The Morgan fingerprint density at radius 3 is 2.53 bits per heavy atom. The lowest BCUT2D eigenvalue weighted by Gasteiger charge is -2.25. The van der Waals surface area contributed by atoms with Crippen LogP contribution in [0, 0.1) is 5.82 Å². The highest BCUT2D eigenvalue weighted by atomic mass is 32.2. The SMILES string of the molecule is CCCO[C@@H](c1ncc(F)cn1)[C@H](C)S(=O)(=O)Nc1nnc([C@H]2CC[C@@H](C)O2)n1C(CCOC)OC. The molecule has 1 saturated heterocycles. The number of hydrogen-bond acceptors (Lipinski definition) is 10. The van der Waals surface area contributed by atoms with Gasteiger partial charge in [-0.3, -0.25) is 9.29 Å². The molecule has 2 aromatic rings. The summed E-state index contributed by atoms with van der Waals surface area (Å²) < 4.78 is 67.1. The number of sulfonamides is 1. The number of methoxy groups -OCH3 is 2. The second-order valence-corrected chi connectivity index (χ2v) is 10.7. The number of hydrogen-bond donors (Lipinski definition) is 1. The summed E-state index contributed by atoms with van der Waals surface area (Å²) in [5.74, 6) is -0.119. The van der Waals surface area contributed by atoms with E-state index in [4.69, 9.17) is 18.9 Å². The highest BCUT2D eigenvalue weighted by Crippen LogP contribution is 2.35. The molecular formula is C22H35FN6O6S. The van der Waals surface area contributed by atoms with Gasteiger partial charge in [-0.2, -0.15) is 0 Å². The van der Waals surface area contributed by atoms with Gasteiger partial charge in [-0.1, -0.05) is 6.92 Å². The number of nitrogens with one attached hydrogen (secondary N) is 1. The largest absolute Gasteiger partial charge is 0.385 e. The van der Waals surface area contributed by atoms with Crippen molar-refractivity contribution in [2.24, 2.45) is 0 Å². The van der Waals surface area contributed by atoms with Gasteiger partial charge in [0.2, 0.25) is 16.0 Å². The van der Waals surface area contributed by atoms with Crippen molar-refractivity contribution in [3.05, 3.63) is 29.9 Å². The van der Waals surface area contributed by atoms with E-state index in [0.717, 1.165) is 25.2 Å². The Morgan fingerprint density at radius 2 is 1.94 bits per heavy atom. The minimum atomic E-state index is -4.11. The van der Waals surface area contributed by atoms with Gasteiger partial charge >= 0.3 is 0 Å². The first-order chi connectivity index (χ1) is 17.2. The van der Waals surface area contributed by atoms with Crippen LogP contribution in [0.25, 0.3) is 0 Å². The van der Waals surface area contributed by atoms with Crippen molar-refractivity contribution >= 4 is 16.0 Å². The second-order valence-electron chi connectivity index (χ2n) is 8.64. The third-order valence-electron chi connectivity index (χ3n) is 5.92. The number of aromatic nitrogens is 5. The van der Waals surface area contributed by atoms with Crippen molar-refractivity contribution in [2.45, 2.75) is 76.2 Å². The predicted octanol–water partition coefficient (Wildman–Crippen LogP) is 2.93. The van der Waals surface area contributed by atoms with E-state index in [1.807, 2.05) is 13.8 Å². The zero-order chi connectivity index (χ0) is 26.3. The van der Waals surface area contributed by atoms with Crippen molar-refractivity contribution in [3.63, 3.8) is 0 Å². The van der Waals surface area contributed by atoms with Crippen LogP contribution in [0.2, 0.25) is 0 Å². The highest BCUT2D eigenvalue weighted by Gasteiger charge is 2.37. The Balaban J connectivity index is 1.94. The van der Waals surface area contributed by atoms with Crippen LogP contribution in [-0.2, 0) is 29.0 Å². The van der Waals surface area contributed by atoms with Gasteiger partial charge in [0.1, 0.15) is 23.7 Å². The molecule has 1 aliphatic rings.